The van der Waals surface area contributed by atoms with Crippen LogP contribution in [0.1, 0.15) is 44.9 Å². The molecular formula is C11H17NO. The average Bonchev–Trinajstić information content (AvgIpc) is 2.19. The molecule has 0 aromatic rings. The SMILES string of the molecule is N#C[C@]12CCCC[C@@H]1CCC[C@H]2O. The third-order valence-electron chi connectivity index (χ3n) is 3.95. The van der Waals surface area contributed by atoms with E-state index in [0.29, 0.717) is 5.92 Å². The van der Waals surface area contributed by atoms with Crippen LogP contribution < -0.4 is 0 Å². The van der Waals surface area contributed by atoms with Crippen molar-refractivity contribution in [3.63, 3.8) is 0 Å². The molecule has 0 bridgehead atoms. The molecule has 2 rings (SSSR count). The van der Waals surface area contributed by atoms with Gasteiger partial charge in [0.1, 0.15) is 0 Å². The Kier molecular flexibility index (Phi) is 2.29. The summed E-state index contributed by atoms with van der Waals surface area (Å²) in [7, 11) is 0. The number of nitriles is 1. The Labute approximate surface area is 79.6 Å². The maximum absolute atomic E-state index is 9.93. The first-order valence-corrected chi connectivity index (χ1v) is 5.39. The van der Waals surface area contributed by atoms with Crippen LogP contribution in [0.2, 0.25) is 0 Å². The van der Waals surface area contributed by atoms with Gasteiger partial charge in [0.15, 0.2) is 0 Å². The molecule has 1 N–H and O–H groups in total. The molecule has 0 aliphatic heterocycles. The highest BCUT2D eigenvalue weighted by Gasteiger charge is 2.48. The van der Waals surface area contributed by atoms with Gasteiger partial charge in [-0.25, -0.2) is 0 Å². The van der Waals surface area contributed by atoms with E-state index < -0.39 is 0 Å². The highest BCUT2D eigenvalue weighted by molar-refractivity contribution is 5.10. The van der Waals surface area contributed by atoms with Gasteiger partial charge in [0.25, 0.3) is 0 Å². The fraction of sp³-hybridized carbons (Fsp3) is 0.909. The molecule has 0 aromatic heterocycles. The quantitative estimate of drug-likeness (QED) is 0.619. The highest BCUT2D eigenvalue weighted by atomic mass is 16.3. The van der Waals surface area contributed by atoms with E-state index >= 15 is 0 Å². The summed E-state index contributed by atoms with van der Waals surface area (Å²) >= 11 is 0. The molecule has 2 saturated carbocycles. The number of hydrogen-bond acceptors (Lipinski definition) is 2. The lowest BCUT2D eigenvalue weighted by atomic mass is 9.59. The Morgan fingerprint density at radius 3 is 2.62 bits per heavy atom. The van der Waals surface area contributed by atoms with E-state index in [4.69, 9.17) is 0 Å². The van der Waals surface area contributed by atoms with Crippen LogP contribution in [0, 0.1) is 22.7 Å². The molecule has 13 heavy (non-hydrogen) atoms. The molecule has 2 aliphatic rings. The third-order valence-corrected chi connectivity index (χ3v) is 3.95. The largest absolute Gasteiger partial charge is 0.391 e. The summed E-state index contributed by atoms with van der Waals surface area (Å²) in [5.41, 5.74) is -0.365. The number of aliphatic hydroxyl groups excluding tert-OH is 1. The summed E-state index contributed by atoms with van der Waals surface area (Å²) in [4.78, 5) is 0. The maximum Gasteiger partial charge on any atom is 0.0860 e. The van der Waals surface area contributed by atoms with Crippen LogP contribution in [0.4, 0.5) is 0 Å². The van der Waals surface area contributed by atoms with Crippen molar-refractivity contribution in [3.8, 4) is 6.07 Å². The van der Waals surface area contributed by atoms with Crippen molar-refractivity contribution in [3.05, 3.63) is 0 Å². The molecule has 0 radical (unpaired) electrons. The van der Waals surface area contributed by atoms with Gasteiger partial charge in [-0.1, -0.05) is 19.3 Å². The summed E-state index contributed by atoms with van der Waals surface area (Å²) in [6, 6.07) is 2.42. The molecule has 2 nitrogen and oxygen atoms in total. The summed E-state index contributed by atoms with van der Waals surface area (Å²) in [6.07, 6.45) is 7.21. The van der Waals surface area contributed by atoms with Gasteiger partial charge in [0.2, 0.25) is 0 Å². The molecule has 0 spiro atoms. The molecule has 0 unspecified atom stereocenters. The van der Waals surface area contributed by atoms with Gasteiger partial charge in [-0.3, -0.25) is 0 Å². The van der Waals surface area contributed by atoms with Crippen molar-refractivity contribution in [2.24, 2.45) is 11.3 Å². The summed E-state index contributed by atoms with van der Waals surface area (Å²) < 4.78 is 0. The Balaban J connectivity index is 2.25. The smallest absolute Gasteiger partial charge is 0.0860 e. The number of hydrogen-bond donors (Lipinski definition) is 1. The normalized spacial score (nSPS) is 44.9. The zero-order chi connectivity index (χ0) is 9.31. The zero-order valence-electron chi connectivity index (χ0n) is 8.00. The second kappa shape index (κ2) is 3.31. The molecule has 0 heterocycles. The highest BCUT2D eigenvalue weighted by Crippen LogP contribution is 2.49. The van der Waals surface area contributed by atoms with Crippen molar-refractivity contribution in [2.75, 3.05) is 0 Å². The molecule has 2 aliphatic carbocycles. The molecule has 0 aromatic carbocycles. The van der Waals surface area contributed by atoms with Gasteiger partial charge in [0.05, 0.1) is 17.6 Å². The van der Waals surface area contributed by atoms with E-state index in [1.54, 1.807) is 0 Å². The number of aliphatic hydroxyl groups is 1. The number of rotatable bonds is 0. The van der Waals surface area contributed by atoms with Crippen LogP contribution in [-0.4, -0.2) is 11.2 Å². The second-order valence-electron chi connectivity index (χ2n) is 4.54. The van der Waals surface area contributed by atoms with Gasteiger partial charge in [-0.2, -0.15) is 5.26 Å². The van der Waals surface area contributed by atoms with Crippen molar-refractivity contribution < 1.29 is 5.11 Å². The van der Waals surface area contributed by atoms with Crippen LogP contribution in [0.3, 0.4) is 0 Å². The van der Waals surface area contributed by atoms with Crippen molar-refractivity contribution in [2.45, 2.75) is 51.0 Å². The fourth-order valence-corrected chi connectivity index (χ4v) is 3.15. The molecule has 0 saturated heterocycles. The summed E-state index contributed by atoms with van der Waals surface area (Å²) in [5, 5.41) is 19.2. The monoisotopic (exact) mass is 179 g/mol. The molecule has 2 heteroatoms. The Morgan fingerprint density at radius 2 is 1.92 bits per heavy atom. The first-order valence-electron chi connectivity index (χ1n) is 5.39. The second-order valence-corrected chi connectivity index (χ2v) is 4.54. The first kappa shape index (κ1) is 9.02. The van der Waals surface area contributed by atoms with E-state index in [0.717, 1.165) is 38.5 Å². The van der Waals surface area contributed by atoms with Crippen LogP contribution >= 0.6 is 0 Å². The minimum Gasteiger partial charge on any atom is -0.391 e. The average molecular weight is 179 g/mol. The van der Waals surface area contributed by atoms with Crippen LogP contribution in [0.5, 0.6) is 0 Å². The molecule has 3 atom stereocenters. The Hall–Kier alpha value is -0.550. The van der Waals surface area contributed by atoms with Gasteiger partial charge in [-0.15, -0.1) is 0 Å². The minimum absolute atomic E-state index is 0.350. The Morgan fingerprint density at radius 1 is 1.15 bits per heavy atom. The first-order chi connectivity index (χ1) is 6.29. The van der Waals surface area contributed by atoms with E-state index in [9.17, 15) is 10.4 Å². The summed E-state index contributed by atoms with van der Waals surface area (Å²) in [5.74, 6) is 0.481. The fourth-order valence-electron chi connectivity index (χ4n) is 3.15. The van der Waals surface area contributed by atoms with E-state index in [2.05, 4.69) is 6.07 Å². The van der Waals surface area contributed by atoms with Crippen LogP contribution in [-0.2, 0) is 0 Å². The minimum atomic E-state index is -0.365. The summed E-state index contributed by atoms with van der Waals surface area (Å²) in [6.45, 7) is 0. The Bertz CT molecular complexity index is 231. The standard InChI is InChI=1S/C11H17NO/c12-8-11-7-2-1-4-9(11)5-3-6-10(11)13/h9-10,13H,1-7H2/t9-,10-,11-/m1/s1. The molecule has 0 amide bonds. The topological polar surface area (TPSA) is 44.0 Å². The molecular weight excluding hydrogens is 162 g/mol. The van der Waals surface area contributed by atoms with Crippen molar-refractivity contribution in [1.82, 2.24) is 0 Å². The number of fused-ring (bicyclic) bond motifs is 1. The lowest BCUT2D eigenvalue weighted by molar-refractivity contribution is -0.0387. The van der Waals surface area contributed by atoms with Crippen LogP contribution in [0.25, 0.3) is 0 Å². The van der Waals surface area contributed by atoms with E-state index in [-0.39, 0.29) is 11.5 Å². The predicted molar refractivity (Wildman–Crippen MR) is 49.9 cm³/mol. The van der Waals surface area contributed by atoms with E-state index in [1.165, 1.54) is 6.42 Å². The van der Waals surface area contributed by atoms with Crippen molar-refractivity contribution >= 4 is 0 Å². The van der Waals surface area contributed by atoms with Gasteiger partial charge in [0, 0.05) is 0 Å². The number of nitrogens with zero attached hydrogens (tertiary/aromatic N) is 1. The lowest BCUT2D eigenvalue weighted by Crippen LogP contribution is -2.45. The van der Waals surface area contributed by atoms with E-state index in [1.807, 2.05) is 0 Å². The van der Waals surface area contributed by atoms with Crippen LogP contribution in [0.15, 0.2) is 0 Å². The van der Waals surface area contributed by atoms with Gasteiger partial charge >= 0.3 is 0 Å². The zero-order valence-corrected chi connectivity index (χ0v) is 8.00. The maximum atomic E-state index is 9.93. The van der Waals surface area contributed by atoms with Gasteiger partial charge < -0.3 is 5.11 Å². The molecule has 72 valence electrons. The predicted octanol–water partition coefficient (Wildman–Crippen LogP) is 2.23. The van der Waals surface area contributed by atoms with Gasteiger partial charge in [-0.05, 0) is 31.6 Å². The van der Waals surface area contributed by atoms with Crippen molar-refractivity contribution in [1.29, 1.82) is 5.26 Å². The third kappa shape index (κ3) is 1.26. The molecule has 2 fully saturated rings. The lowest BCUT2D eigenvalue weighted by Gasteiger charge is -2.45.